The minimum Gasteiger partial charge on any atom is -0.512 e. The quantitative estimate of drug-likeness (QED) is 0.298. The summed E-state index contributed by atoms with van der Waals surface area (Å²) in [5.74, 6) is 1.56. The second-order valence-electron chi connectivity index (χ2n) is 6.22. The van der Waals surface area contributed by atoms with Crippen molar-refractivity contribution in [2.45, 2.75) is 18.7 Å². The van der Waals surface area contributed by atoms with Crippen molar-refractivity contribution in [2.24, 2.45) is 0 Å². The first-order chi connectivity index (χ1) is 11.0. The summed E-state index contributed by atoms with van der Waals surface area (Å²) in [6, 6.07) is 0. The van der Waals surface area contributed by atoms with Crippen LogP contribution < -0.4 is 0 Å². The predicted molar refractivity (Wildman–Crippen MR) is 119 cm³/mol. The van der Waals surface area contributed by atoms with Crippen LogP contribution in [-0.2, 0) is 42.1 Å². The summed E-state index contributed by atoms with van der Waals surface area (Å²) in [7, 11) is 0.0921. The second-order valence-corrected chi connectivity index (χ2v) is 19.5. The molecule has 160 valence electrons. The molecule has 0 aromatic rings. The SMILES string of the molecule is C[PH+](C)C(C)(C)[PH+](C)C.C[PH+](C)C[PH+](C)C.[C-]#N.[C-]#N.[C-]#N.[C-]#N.[Pt].[Pt]. The molecule has 0 bridgehead atoms. The second kappa shape index (κ2) is 40.7. The van der Waals surface area contributed by atoms with Crippen LogP contribution in [0.25, 0.3) is 0 Å². The van der Waals surface area contributed by atoms with Crippen molar-refractivity contribution in [1.29, 1.82) is 21.0 Å². The Morgan fingerprint density at radius 1 is 0.538 bits per heavy atom. The standard InChI is InChI=1S/C7H18P2.C5H14P2.4CN.2Pt/c1-7(2,8(3)4)9(5)6;1-6(2)5-7(3)4;4*1-2;;/h1-6H3;5H2,1-4H3;;;;;;/q;;4*-1;;/p+4. The summed E-state index contributed by atoms with van der Waals surface area (Å²) in [5.41, 5.74) is 0. The monoisotopic (exact) mass is 798 g/mol. The summed E-state index contributed by atoms with van der Waals surface area (Å²) >= 11 is 0. The van der Waals surface area contributed by atoms with Gasteiger partial charge in [0, 0.05) is 114 Å². The molecule has 0 aliphatic heterocycles. The van der Waals surface area contributed by atoms with E-state index in [1.807, 2.05) is 0 Å². The molecule has 0 N–H and O–H groups in total. The zero-order chi connectivity index (χ0) is 21.5. The van der Waals surface area contributed by atoms with Crippen molar-refractivity contribution < 1.29 is 42.1 Å². The number of hydrogen-bond acceptors (Lipinski definition) is 4. The molecule has 0 atom stereocenters. The van der Waals surface area contributed by atoms with E-state index < -0.39 is 0 Å². The van der Waals surface area contributed by atoms with Crippen LogP contribution in [0, 0.1) is 47.3 Å². The van der Waals surface area contributed by atoms with E-state index in [1.54, 1.807) is 5.90 Å². The molecule has 0 aromatic carbocycles. The van der Waals surface area contributed by atoms with Crippen LogP contribution in [0.5, 0.6) is 0 Å². The van der Waals surface area contributed by atoms with Crippen LogP contribution in [0.1, 0.15) is 13.8 Å². The Bertz CT molecular complexity index is 276. The third-order valence-corrected chi connectivity index (χ3v) is 16.9. The molecule has 0 amide bonds. The van der Waals surface area contributed by atoms with Crippen LogP contribution in [0.3, 0.4) is 0 Å². The summed E-state index contributed by atoms with van der Waals surface area (Å²) in [5, 5.41) is 25.0. The number of rotatable bonds is 4. The summed E-state index contributed by atoms with van der Waals surface area (Å²) in [4.78, 5) is 0.704. The molecule has 0 saturated carbocycles. The molecule has 4 nitrogen and oxygen atoms in total. The van der Waals surface area contributed by atoms with Gasteiger partial charge in [-0.15, -0.1) is 0 Å². The van der Waals surface area contributed by atoms with E-state index in [9.17, 15) is 0 Å². The molecule has 0 aliphatic carbocycles. The van der Waals surface area contributed by atoms with Crippen LogP contribution in [0.15, 0.2) is 0 Å². The van der Waals surface area contributed by atoms with Gasteiger partial charge in [0.1, 0.15) is 0 Å². The average Bonchev–Trinajstić information content (AvgIpc) is 2.54. The Kier molecular flexibility index (Phi) is 79.1. The fourth-order valence-electron chi connectivity index (χ4n) is 1.21. The minimum atomic E-state index is -0.0651. The van der Waals surface area contributed by atoms with Gasteiger partial charge in [-0.05, 0) is 0 Å². The zero-order valence-corrected chi connectivity index (χ0v) is 26.2. The molecule has 0 radical (unpaired) electrons. The number of hydrogen-bond donors (Lipinski definition) is 0. The van der Waals surface area contributed by atoms with Crippen molar-refractivity contribution in [3.63, 3.8) is 0 Å². The molecule has 10 heteroatoms. The van der Waals surface area contributed by atoms with E-state index in [1.165, 1.54) is 0 Å². The minimum absolute atomic E-state index is 0. The van der Waals surface area contributed by atoms with E-state index in [2.05, 4.69) is 67.2 Å². The topological polar surface area (TPSA) is 95.2 Å². The van der Waals surface area contributed by atoms with Gasteiger partial charge >= 0.3 is 0 Å². The molecule has 26 heavy (non-hydrogen) atoms. The first-order valence-electron chi connectivity index (χ1n) is 7.10. The predicted octanol–water partition coefficient (Wildman–Crippen LogP) is 4.94. The van der Waals surface area contributed by atoms with Gasteiger partial charge < -0.3 is 47.3 Å². The fraction of sp³-hybridized carbons (Fsp3) is 0.750. The molecule has 0 heterocycles. The van der Waals surface area contributed by atoms with Gasteiger partial charge in [-0.25, -0.2) is 0 Å². The normalized spacial score (nSPS) is 7.92. The Balaban J connectivity index is -0.0000000286. The van der Waals surface area contributed by atoms with Gasteiger partial charge in [0.25, 0.3) is 0 Å². The van der Waals surface area contributed by atoms with E-state index in [4.69, 9.17) is 47.3 Å². The maximum Gasteiger partial charge on any atom is 0.166 e. The molecular weight excluding hydrogens is 762 g/mol. The molecule has 0 saturated heterocycles. The summed E-state index contributed by atoms with van der Waals surface area (Å²) in [6.45, 7) is 43.1. The average molecular weight is 799 g/mol. The van der Waals surface area contributed by atoms with Crippen molar-refractivity contribution in [1.82, 2.24) is 0 Å². The maximum absolute atomic E-state index is 6.25. The van der Waals surface area contributed by atoms with Crippen molar-refractivity contribution in [3.05, 3.63) is 26.3 Å². The number of nitrogens with zero attached hydrogens (tertiary/aromatic N) is 4. The Hall–Kier alpha value is 1.06. The molecule has 0 aliphatic rings. The first kappa shape index (κ1) is 50.6. The molecule has 0 fully saturated rings. The van der Waals surface area contributed by atoms with Gasteiger partial charge in [-0.2, -0.15) is 0 Å². The molecule has 0 unspecified atom stereocenters. The van der Waals surface area contributed by atoms with Crippen LogP contribution in [0.4, 0.5) is 0 Å². The van der Waals surface area contributed by atoms with Gasteiger partial charge in [0.15, 0.2) is 10.8 Å². The van der Waals surface area contributed by atoms with E-state index in [0.717, 1.165) is 0 Å². The summed E-state index contributed by atoms with van der Waals surface area (Å²) < 4.78 is 0. The van der Waals surface area contributed by atoms with Gasteiger partial charge in [-0.3, -0.25) is 0 Å². The summed E-state index contributed by atoms with van der Waals surface area (Å²) in [6.07, 6.45) is 0. The zero-order valence-electron chi connectivity index (χ0n) is 17.6. The van der Waals surface area contributed by atoms with Crippen LogP contribution in [0.2, 0.25) is 0 Å². The van der Waals surface area contributed by atoms with Crippen molar-refractivity contribution in [3.8, 4) is 0 Å². The van der Waals surface area contributed by atoms with Gasteiger partial charge in [0.05, 0.1) is 26.7 Å². The largest absolute Gasteiger partial charge is 0.512 e. The van der Waals surface area contributed by atoms with E-state index in [0.29, 0.717) is 4.90 Å². The van der Waals surface area contributed by atoms with Crippen LogP contribution >= 0.6 is 31.7 Å². The maximum atomic E-state index is 6.25. The Labute approximate surface area is 198 Å². The van der Waals surface area contributed by atoms with Crippen molar-refractivity contribution >= 4 is 31.7 Å². The molecular formula is C16H36N4P4Pt2. The first-order valence-corrected chi connectivity index (χ1v) is 17.5. The Morgan fingerprint density at radius 3 is 0.692 bits per heavy atom. The van der Waals surface area contributed by atoms with Gasteiger partial charge in [0.2, 0.25) is 0 Å². The van der Waals surface area contributed by atoms with Crippen molar-refractivity contribution in [2.75, 3.05) is 59.2 Å². The van der Waals surface area contributed by atoms with E-state index in [-0.39, 0.29) is 73.8 Å². The van der Waals surface area contributed by atoms with Crippen LogP contribution in [-0.4, -0.2) is 64.1 Å². The molecule has 0 rings (SSSR count). The third-order valence-electron chi connectivity index (χ3n) is 3.21. The fourth-order valence-corrected chi connectivity index (χ4v) is 10.9. The van der Waals surface area contributed by atoms with Gasteiger partial charge in [-0.1, -0.05) is 0 Å². The molecule has 0 aromatic heterocycles. The Morgan fingerprint density at radius 2 is 0.692 bits per heavy atom. The smallest absolute Gasteiger partial charge is 0.166 e. The third kappa shape index (κ3) is 49.8. The molecule has 0 spiro atoms. The van der Waals surface area contributed by atoms with E-state index >= 15 is 0 Å².